The Hall–Kier alpha value is -0.950. The molecule has 1 aromatic carbocycles. The lowest BCUT2D eigenvalue weighted by atomic mass is 10.1. The van der Waals surface area contributed by atoms with Crippen molar-refractivity contribution >= 4 is 33.0 Å². The third kappa shape index (κ3) is 2.73. The van der Waals surface area contributed by atoms with E-state index in [0.717, 1.165) is 11.6 Å². The third-order valence-corrected chi connectivity index (χ3v) is 6.73. The molecule has 7 heteroatoms. The van der Waals surface area contributed by atoms with Gasteiger partial charge in [-0.25, -0.2) is 12.8 Å². The summed E-state index contributed by atoms with van der Waals surface area (Å²) in [6.07, 6.45) is 0.670. The number of fused-ring (bicyclic) bond motifs is 1. The largest absolute Gasteiger partial charge is 0.246 e. The second kappa shape index (κ2) is 5.68. The molecule has 0 spiro atoms. The summed E-state index contributed by atoms with van der Waals surface area (Å²) < 4.78 is 40.6. The zero-order valence-electron chi connectivity index (χ0n) is 11.1. The Kier molecular flexibility index (Phi) is 4.05. The molecule has 0 atom stereocenters. The van der Waals surface area contributed by atoms with Gasteiger partial charge in [0.25, 0.3) is 0 Å². The van der Waals surface area contributed by atoms with Crippen LogP contribution in [0.5, 0.6) is 0 Å². The Morgan fingerprint density at radius 1 is 1.33 bits per heavy atom. The maximum absolute atomic E-state index is 13.9. The fourth-order valence-electron chi connectivity index (χ4n) is 2.40. The number of sulfonamides is 1. The van der Waals surface area contributed by atoms with Crippen molar-refractivity contribution in [1.29, 1.82) is 0 Å². The molecule has 2 heterocycles. The number of hydrogen-bond donors (Lipinski definition) is 0. The van der Waals surface area contributed by atoms with Gasteiger partial charge in [0, 0.05) is 23.8 Å². The van der Waals surface area contributed by atoms with Crippen molar-refractivity contribution in [3.05, 3.63) is 51.5 Å². The Balaban J connectivity index is 1.98. The van der Waals surface area contributed by atoms with Crippen molar-refractivity contribution < 1.29 is 12.8 Å². The van der Waals surface area contributed by atoms with Gasteiger partial charge in [-0.2, -0.15) is 4.31 Å². The number of thiophene rings is 1. The third-order valence-electron chi connectivity index (χ3n) is 3.54. The first-order chi connectivity index (χ1) is 10.0. The molecule has 0 fully saturated rings. The van der Waals surface area contributed by atoms with Crippen molar-refractivity contribution in [1.82, 2.24) is 4.31 Å². The quantitative estimate of drug-likeness (QED) is 0.800. The number of nitrogens with zero attached hydrogens (tertiary/aromatic N) is 1. The van der Waals surface area contributed by atoms with Gasteiger partial charge in [-0.05, 0) is 41.1 Å². The van der Waals surface area contributed by atoms with Gasteiger partial charge in [0.15, 0.2) is 0 Å². The van der Waals surface area contributed by atoms with Crippen LogP contribution in [-0.4, -0.2) is 19.3 Å². The van der Waals surface area contributed by atoms with E-state index in [1.165, 1.54) is 21.3 Å². The van der Waals surface area contributed by atoms with Crippen LogP contribution in [0.4, 0.5) is 4.39 Å². The summed E-state index contributed by atoms with van der Waals surface area (Å²) in [5.41, 5.74) is 1.59. The van der Waals surface area contributed by atoms with Gasteiger partial charge in [0.2, 0.25) is 10.0 Å². The Morgan fingerprint density at radius 2 is 2.14 bits per heavy atom. The van der Waals surface area contributed by atoms with Gasteiger partial charge >= 0.3 is 0 Å². The highest BCUT2D eigenvalue weighted by Gasteiger charge is 2.31. The number of rotatable bonds is 3. The van der Waals surface area contributed by atoms with E-state index in [2.05, 4.69) is 0 Å². The molecule has 2 aromatic rings. The van der Waals surface area contributed by atoms with E-state index in [9.17, 15) is 12.8 Å². The van der Waals surface area contributed by atoms with E-state index < -0.39 is 15.8 Å². The predicted molar refractivity (Wildman–Crippen MR) is 81.6 cm³/mol. The molecule has 21 heavy (non-hydrogen) atoms. The number of halogens is 2. The molecular weight excluding hydrogens is 333 g/mol. The molecule has 0 bridgehead atoms. The van der Waals surface area contributed by atoms with E-state index in [4.69, 9.17) is 11.6 Å². The molecule has 1 aliphatic rings. The van der Waals surface area contributed by atoms with E-state index in [1.807, 2.05) is 11.4 Å². The summed E-state index contributed by atoms with van der Waals surface area (Å²) in [6, 6.07) is 5.90. The van der Waals surface area contributed by atoms with Crippen LogP contribution in [0.2, 0.25) is 0 Å². The standard InChI is InChI=1S/C14H13ClFNO2S2/c15-8-10-1-2-12(16)14(7-10)21(18,19)17-5-3-13-11(9-17)4-6-20-13/h1-2,4,6-7H,3,5,8-9H2. The zero-order valence-corrected chi connectivity index (χ0v) is 13.4. The minimum absolute atomic E-state index is 0.150. The van der Waals surface area contributed by atoms with Crippen LogP contribution < -0.4 is 0 Å². The van der Waals surface area contributed by atoms with Crippen molar-refractivity contribution in [2.24, 2.45) is 0 Å². The average Bonchev–Trinajstić information content (AvgIpc) is 2.95. The van der Waals surface area contributed by atoms with Gasteiger partial charge in [-0.1, -0.05) is 6.07 Å². The van der Waals surface area contributed by atoms with Crippen LogP contribution >= 0.6 is 22.9 Å². The van der Waals surface area contributed by atoms with Gasteiger partial charge in [0.1, 0.15) is 10.7 Å². The smallest absolute Gasteiger partial charge is 0.207 e. The molecule has 0 aliphatic carbocycles. The molecule has 0 unspecified atom stereocenters. The summed E-state index contributed by atoms with van der Waals surface area (Å²) >= 11 is 7.34. The summed E-state index contributed by atoms with van der Waals surface area (Å²) in [4.78, 5) is 0.913. The van der Waals surface area contributed by atoms with Crippen LogP contribution in [0.15, 0.2) is 34.5 Å². The predicted octanol–water partition coefficient (Wildman–Crippen LogP) is 3.37. The summed E-state index contributed by atoms with van der Waals surface area (Å²) in [7, 11) is -3.84. The number of hydrogen-bond acceptors (Lipinski definition) is 3. The molecule has 0 N–H and O–H groups in total. The molecule has 3 nitrogen and oxygen atoms in total. The maximum atomic E-state index is 13.9. The lowest BCUT2D eigenvalue weighted by molar-refractivity contribution is 0.391. The zero-order chi connectivity index (χ0) is 15.0. The fourth-order valence-corrected chi connectivity index (χ4v) is 4.98. The maximum Gasteiger partial charge on any atom is 0.246 e. The van der Waals surface area contributed by atoms with Gasteiger partial charge in [-0.3, -0.25) is 0 Å². The SMILES string of the molecule is O=S(=O)(c1cc(CCl)ccc1F)N1CCc2sccc2C1. The summed E-state index contributed by atoms with van der Waals surface area (Å²) in [6.45, 7) is 0.673. The first-order valence-corrected chi connectivity index (χ1v) is 9.27. The molecule has 1 aromatic heterocycles. The van der Waals surface area contributed by atoms with Crippen LogP contribution in [0.3, 0.4) is 0 Å². The normalized spacial score (nSPS) is 15.9. The minimum atomic E-state index is -3.84. The first kappa shape index (κ1) is 15.0. The lowest BCUT2D eigenvalue weighted by Crippen LogP contribution is -2.35. The molecular formula is C14H13ClFNO2S2. The topological polar surface area (TPSA) is 37.4 Å². The van der Waals surface area contributed by atoms with E-state index in [1.54, 1.807) is 11.3 Å². The second-order valence-corrected chi connectivity index (χ2v) is 8.03. The summed E-state index contributed by atoms with van der Waals surface area (Å²) in [5.74, 6) is -0.586. The Labute approximate surface area is 132 Å². The van der Waals surface area contributed by atoms with Gasteiger partial charge < -0.3 is 0 Å². The van der Waals surface area contributed by atoms with Gasteiger partial charge in [0.05, 0.1) is 0 Å². The van der Waals surface area contributed by atoms with Crippen LogP contribution in [0.1, 0.15) is 16.0 Å². The van der Waals surface area contributed by atoms with Crippen LogP contribution in [0, 0.1) is 5.82 Å². The van der Waals surface area contributed by atoms with Crippen LogP contribution in [0.25, 0.3) is 0 Å². The van der Waals surface area contributed by atoms with E-state index in [-0.39, 0.29) is 10.8 Å². The molecule has 0 saturated heterocycles. The Bertz CT molecular complexity index is 773. The molecule has 0 amide bonds. The van der Waals surface area contributed by atoms with E-state index >= 15 is 0 Å². The number of alkyl halides is 1. The first-order valence-electron chi connectivity index (χ1n) is 6.42. The van der Waals surface area contributed by atoms with Crippen molar-refractivity contribution in [2.75, 3.05) is 6.54 Å². The second-order valence-electron chi connectivity index (χ2n) is 4.86. The van der Waals surface area contributed by atoms with Crippen LogP contribution in [-0.2, 0) is 28.9 Å². The van der Waals surface area contributed by atoms with Crippen molar-refractivity contribution in [3.63, 3.8) is 0 Å². The highest BCUT2D eigenvalue weighted by atomic mass is 35.5. The average molecular weight is 346 g/mol. The monoisotopic (exact) mass is 345 g/mol. The molecule has 112 valence electrons. The molecule has 1 aliphatic heterocycles. The molecule has 0 saturated carbocycles. The highest BCUT2D eigenvalue weighted by Crippen LogP contribution is 2.29. The number of benzene rings is 1. The Morgan fingerprint density at radius 3 is 2.90 bits per heavy atom. The summed E-state index contributed by atoms with van der Waals surface area (Å²) in [5, 5.41) is 1.95. The molecule has 0 radical (unpaired) electrons. The fraction of sp³-hybridized carbons (Fsp3) is 0.286. The minimum Gasteiger partial charge on any atom is -0.207 e. The van der Waals surface area contributed by atoms with Crippen molar-refractivity contribution in [2.45, 2.75) is 23.7 Å². The van der Waals surface area contributed by atoms with Crippen molar-refractivity contribution in [3.8, 4) is 0 Å². The molecule has 3 rings (SSSR count). The highest BCUT2D eigenvalue weighted by molar-refractivity contribution is 7.89. The van der Waals surface area contributed by atoms with E-state index in [0.29, 0.717) is 25.1 Å². The lowest BCUT2D eigenvalue weighted by Gasteiger charge is -2.26. The van der Waals surface area contributed by atoms with Gasteiger partial charge in [-0.15, -0.1) is 22.9 Å².